The summed E-state index contributed by atoms with van der Waals surface area (Å²) in [5.41, 5.74) is 8.70. The fraction of sp³-hybridized carbons (Fsp3) is 0.267. The van der Waals surface area contributed by atoms with Gasteiger partial charge in [0.1, 0.15) is 0 Å². The van der Waals surface area contributed by atoms with Crippen LogP contribution in [0.15, 0.2) is 41.0 Å². The van der Waals surface area contributed by atoms with Crippen LogP contribution in [0.1, 0.15) is 21.7 Å². The minimum Gasteiger partial charge on any atom is -0.459 e. The minimum atomic E-state index is -0.164. The Balaban J connectivity index is 2.37. The number of aryl methyl sites for hydroxylation is 2. The van der Waals surface area contributed by atoms with Crippen molar-refractivity contribution in [2.24, 2.45) is 5.73 Å². The Morgan fingerprint density at radius 1 is 1.32 bits per heavy atom. The van der Waals surface area contributed by atoms with Crippen LogP contribution < -0.4 is 10.6 Å². The first-order valence-corrected chi connectivity index (χ1v) is 6.26. The van der Waals surface area contributed by atoms with Crippen molar-refractivity contribution < 1.29 is 9.21 Å². The van der Waals surface area contributed by atoms with Gasteiger partial charge in [0.05, 0.1) is 6.26 Å². The van der Waals surface area contributed by atoms with Crippen LogP contribution in [0.5, 0.6) is 0 Å². The SMILES string of the molecule is Cc1ccc(N(CCN)C(=O)c2ccco2)c(C)c1. The van der Waals surface area contributed by atoms with Crippen molar-refractivity contribution in [2.75, 3.05) is 18.0 Å². The van der Waals surface area contributed by atoms with Gasteiger partial charge >= 0.3 is 0 Å². The normalized spacial score (nSPS) is 10.5. The van der Waals surface area contributed by atoms with Crippen LogP contribution in [-0.4, -0.2) is 19.0 Å². The number of carbonyl (C=O) groups excluding carboxylic acids is 1. The van der Waals surface area contributed by atoms with Gasteiger partial charge in [-0.05, 0) is 37.6 Å². The molecule has 0 aliphatic heterocycles. The van der Waals surface area contributed by atoms with Crippen molar-refractivity contribution in [1.82, 2.24) is 0 Å². The molecule has 2 aromatic rings. The molecule has 1 amide bonds. The third-order valence-electron chi connectivity index (χ3n) is 2.97. The molecule has 0 aliphatic carbocycles. The van der Waals surface area contributed by atoms with Crippen molar-refractivity contribution >= 4 is 11.6 Å². The zero-order valence-electron chi connectivity index (χ0n) is 11.2. The quantitative estimate of drug-likeness (QED) is 0.916. The molecule has 0 atom stereocenters. The van der Waals surface area contributed by atoms with Crippen LogP contribution >= 0.6 is 0 Å². The number of nitrogens with two attached hydrogens (primary N) is 1. The second-order valence-corrected chi connectivity index (χ2v) is 4.51. The van der Waals surface area contributed by atoms with Crippen molar-refractivity contribution in [1.29, 1.82) is 0 Å². The second kappa shape index (κ2) is 5.71. The smallest absolute Gasteiger partial charge is 0.294 e. The largest absolute Gasteiger partial charge is 0.459 e. The lowest BCUT2D eigenvalue weighted by atomic mass is 10.1. The van der Waals surface area contributed by atoms with Gasteiger partial charge in [-0.15, -0.1) is 0 Å². The maximum atomic E-state index is 12.4. The van der Waals surface area contributed by atoms with E-state index in [4.69, 9.17) is 10.2 Å². The van der Waals surface area contributed by atoms with Crippen LogP contribution in [-0.2, 0) is 0 Å². The maximum Gasteiger partial charge on any atom is 0.294 e. The molecule has 0 fully saturated rings. The summed E-state index contributed by atoms with van der Waals surface area (Å²) >= 11 is 0. The fourth-order valence-corrected chi connectivity index (χ4v) is 2.10. The Labute approximate surface area is 112 Å². The van der Waals surface area contributed by atoms with E-state index in [0.717, 1.165) is 11.3 Å². The van der Waals surface area contributed by atoms with E-state index in [1.165, 1.54) is 11.8 Å². The summed E-state index contributed by atoms with van der Waals surface area (Å²) in [7, 11) is 0. The standard InChI is InChI=1S/C15H18N2O2/c1-11-5-6-13(12(2)10-11)17(8-7-16)15(18)14-4-3-9-19-14/h3-6,9-10H,7-8,16H2,1-2H3. The first kappa shape index (κ1) is 13.4. The molecule has 1 aromatic heterocycles. The van der Waals surface area contributed by atoms with E-state index < -0.39 is 0 Å². The molecule has 0 aliphatic rings. The molecule has 0 bridgehead atoms. The lowest BCUT2D eigenvalue weighted by Crippen LogP contribution is -2.35. The average molecular weight is 258 g/mol. The summed E-state index contributed by atoms with van der Waals surface area (Å²) in [6, 6.07) is 9.35. The van der Waals surface area contributed by atoms with E-state index in [-0.39, 0.29) is 5.91 Å². The highest BCUT2D eigenvalue weighted by molar-refractivity contribution is 6.04. The van der Waals surface area contributed by atoms with Crippen LogP contribution in [0.4, 0.5) is 5.69 Å². The molecular weight excluding hydrogens is 240 g/mol. The molecule has 1 aromatic carbocycles. The van der Waals surface area contributed by atoms with Gasteiger partial charge in [-0.2, -0.15) is 0 Å². The van der Waals surface area contributed by atoms with E-state index in [1.54, 1.807) is 17.0 Å². The van der Waals surface area contributed by atoms with E-state index in [0.29, 0.717) is 18.8 Å². The molecule has 0 unspecified atom stereocenters. The van der Waals surface area contributed by atoms with Gasteiger partial charge < -0.3 is 15.1 Å². The predicted octanol–water partition coefficient (Wildman–Crippen LogP) is 2.50. The van der Waals surface area contributed by atoms with Crippen molar-refractivity contribution in [3.8, 4) is 0 Å². The van der Waals surface area contributed by atoms with E-state index in [9.17, 15) is 4.79 Å². The molecule has 4 heteroatoms. The lowest BCUT2D eigenvalue weighted by Gasteiger charge is -2.23. The molecule has 2 rings (SSSR count). The number of anilines is 1. The van der Waals surface area contributed by atoms with Crippen molar-refractivity contribution in [2.45, 2.75) is 13.8 Å². The number of amides is 1. The highest BCUT2D eigenvalue weighted by Crippen LogP contribution is 2.23. The Bertz CT molecular complexity index is 562. The van der Waals surface area contributed by atoms with Gasteiger partial charge in [0.25, 0.3) is 5.91 Å². The van der Waals surface area contributed by atoms with Gasteiger partial charge in [0, 0.05) is 18.8 Å². The van der Waals surface area contributed by atoms with Crippen LogP contribution in [0.2, 0.25) is 0 Å². The molecular formula is C15H18N2O2. The van der Waals surface area contributed by atoms with E-state index in [1.807, 2.05) is 32.0 Å². The molecule has 4 nitrogen and oxygen atoms in total. The lowest BCUT2D eigenvalue weighted by molar-refractivity contribution is 0.0961. The number of benzene rings is 1. The van der Waals surface area contributed by atoms with Gasteiger partial charge in [-0.3, -0.25) is 4.79 Å². The van der Waals surface area contributed by atoms with Gasteiger partial charge in [-0.1, -0.05) is 17.7 Å². The number of nitrogens with zero attached hydrogens (tertiary/aromatic N) is 1. The molecule has 100 valence electrons. The summed E-state index contributed by atoms with van der Waals surface area (Å²) in [4.78, 5) is 14.1. The van der Waals surface area contributed by atoms with Crippen LogP contribution in [0, 0.1) is 13.8 Å². The predicted molar refractivity (Wildman–Crippen MR) is 75.4 cm³/mol. The first-order chi connectivity index (χ1) is 9.13. The Kier molecular flexibility index (Phi) is 4.02. The van der Waals surface area contributed by atoms with Gasteiger partial charge in [-0.25, -0.2) is 0 Å². The summed E-state index contributed by atoms with van der Waals surface area (Å²) in [5.74, 6) is 0.163. The highest BCUT2D eigenvalue weighted by Gasteiger charge is 2.20. The third kappa shape index (κ3) is 2.85. The summed E-state index contributed by atoms with van der Waals surface area (Å²) < 4.78 is 5.18. The average Bonchev–Trinajstić information content (AvgIpc) is 2.90. The summed E-state index contributed by atoms with van der Waals surface area (Å²) in [6.07, 6.45) is 1.50. The number of hydrogen-bond donors (Lipinski definition) is 1. The Morgan fingerprint density at radius 2 is 2.11 bits per heavy atom. The Hall–Kier alpha value is -2.07. The summed E-state index contributed by atoms with van der Waals surface area (Å²) in [5, 5.41) is 0. The zero-order chi connectivity index (χ0) is 13.8. The van der Waals surface area contributed by atoms with Crippen molar-refractivity contribution in [3.05, 3.63) is 53.5 Å². The Morgan fingerprint density at radius 3 is 2.68 bits per heavy atom. The van der Waals surface area contributed by atoms with Gasteiger partial charge in [0.15, 0.2) is 5.76 Å². The molecule has 2 N–H and O–H groups in total. The second-order valence-electron chi connectivity index (χ2n) is 4.51. The number of furan rings is 1. The molecule has 1 heterocycles. The third-order valence-corrected chi connectivity index (χ3v) is 2.97. The van der Waals surface area contributed by atoms with E-state index in [2.05, 4.69) is 0 Å². The van der Waals surface area contributed by atoms with Crippen molar-refractivity contribution in [3.63, 3.8) is 0 Å². The molecule has 0 saturated heterocycles. The topological polar surface area (TPSA) is 59.5 Å². The maximum absolute atomic E-state index is 12.4. The number of hydrogen-bond acceptors (Lipinski definition) is 3. The first-order valence-electron chi connectivity index (χ1n) is 6.26. The molecule has 0 saturated carbocycles. The molecule has 0 spiro atoms. The molecule has 0 radical (unpaired) electrons. The van der Waals surface area contributed by atoms with Gasteiger partial charge in [0.2, 0.25) is 0 Å². The highest BCUT2D eigenvalue weighted by atomic mass is 16.3. The zero-order valence-corrected chi connectivity index (χ0v) is 11.2. The monoisotopic (exact) mass is 258 g/mol. The van der Waals surface area contributed by atoms with Crippen LogP contribution in [0.25, 0.3) is 0 Å². The van der Waals surface area contributed by atoms with Crippen LogP contribution in [0.3, 0.4) is 0 Å². The summed E-state index contributed by atoms with van der Waals surface area (Å²) in [6.45, 7) is 4.88. The number of carbonyl (C=O) groups is 1. The van der Waals surface area contributed by atoms with E-state index >= 15 is 0 Å². The number of rotatable bonds is 4. The fourth-order valence-electron chi connectivity index (χ4n) is 2.10. The molecule has 19 heavy (non-hydrogen) atoms. The minimum absolute atomic E-state index is 0.164.